The van der Waals surface area contributed by atoms with E-state index in [1.807, 2.05) is 48.9 Å². The molecule has 0 spiro atoms. The van der Waals surface area contributed by atoms with Crippen molar-refractivity contribution in [2.24, 2.45) is 0 Å². The van der Waals surface area contributed by atoms with E-state index in [-0.39, 0.29) is 5.78 Å². The summed E-state index contributed by atoms with van der Waals surface area (Å²) in [5.41, 5.74) is 2.65. The Labute approximate surface area is 115 Å². The monoisotopic (exact) mass is 306 g/mol. The minimum absolute atomic E-state index is 0.117. The molecule has 0 unspecified atom stereocenters. The molecule has 0 N–H and O–H groups in total. The van der Waals surface area contributed by atoms with Gasteiger partial charge in [0.25, 0.3) is 0 Å². The lowest BCUT2D eigenvalue weighted by atomic mass is 10.1. The maximum atomic E-state index is 12.2. The Hall–Kier alpha value is -1.42. The van der Waals surface area contributed by atoms with Crippen LogP contribution in [0.2, 0.25) is 0 Å². The Morgan fingerprint density at radius 1 is 1.39 bits per heavy atom. The summed E-state index contributed by atoms with van der Waals surface area (Å²) in [6.45, 7) is 4.76. The summed E-state index contributed by atoms with van der Waals surface area (Å²) in [4.78, 5) is 12.2. The molecule has 94 valence electrons. The molecule has 1 aromatic carbocycles. The Morgan fingerprint density at radius 2 is 2.17 bits per heavy atom. The summed E-state index contributed by atoms with van der Waals surface area (Å²) in [5.74, 6) is 0.117. The highest BCUT2D eigenvalue weighted by molar-refractivity contribution is 9.10. The predicted molar refractivity (Wildman–Crippen MR) is 74.8 cm³/mol. The molecular weight excluding hydrogens is 292 g/mol. The molecule has 0 aliphatic carbocycles. The number of nitrogens with zero attached hydrogens (tertiary/aromatic N) is 2. The van der Waals surface area contributed by atoms with Crippen LogP contribution >= 0.6 is 15.9 Å². The van der Waals surface area contributed by atoms with E-state index in [0.29, 0.717) is 6.42 Å². The molecule has 0 bridgehead atoms. The number of aromatic nitrogens is 2. The van der Waals surface area contributed by atoms with Gasteiger partial charge in [0.15, 0.2) is 5.78 Å². The number of ketones is 1. The third-order valence-corrected chi connectivity index (χ3v) is 3.27. The second kappa shape index (κ2) is 5.48. The van der Waals surface area contributed by atoms with Crippen molar-refractivity contribution in [1.29, 1.82) is 0 Å². The van der Waals surface area contributed by atoms with Crippen molar-refractivity contribution in [3.05, 3.63) is 51.8 Å². The number of carbonyl (C=O) groups excluding carboxylic acids is 1. The third kappa shape index (κ3) is 2.88. The SMILES string of the molecule is CCn1nc(C)cc1CC(=O)c1cccc(Br)c1. The minimum Gasteiger partial charge on any atom is -0.294 e. The first kappa shape index (κ1) is 13.0. The molecule has 1 aromatic heterocycles. The topological polar surface area (TPSA) is 34.9 Å². The number of benzene rings is 1. The van der Waals surface area contributed by atoms with E-state index in [1.54, 1.807) is 0 Å². The Balaban J connectivity index is 2.21. The molecule has 4 heteroatoms. The number of rotatable bonds is 4. The molecule has 0 fully saturated rings. The van der Waals surface area contributed by atoms with E-state index in [9.17, 15) is 4.79 Å². The van der Waals surface area contributed by atoms with Gasteiger partial charge in [-0.3, -0.25) is 9.48 Å². The maximum Gasteiger partial charge on any atom is 0.168 e. The number of aryl methyl sites for hydroxylation is 2. The molecule has 0 saturated carbocycles. The fourth-order valence-electron chi connectivity index (χ4n) is 1.94. The largest absolute Gasteiger partial charge is 0.294 e. The fraction of sp³-hybridized carbons (Fsp3) is 0.286. The van der Waals surface area contributed by atoms with Crippen molar-refractivity contribution in [3.8, 4) is 0 Å². The van der Waals surface area contributed by atoms with Gasteiger partial charge >= 0.3 is 0 Å². The van der Waals surface area contributed by atoms with Crippen LogP contribution in [0.3, 0.4) is 0 Å². The number of carbonyl (C=O) groups is 1. The number of halogens is 1. The summed E-state index contributed by atoms with van der Waals surface area (Å²) in [7, 11) is 0. The second-order valence-corrected chi connectivity index (χ2v) is 5.12. The lowest BCUT2D eigenvalue weighted by Gasteiger charge is -2.04. The second-order valence-electron chi connectivity index (χ2n) is 4.20. The van der Waals surface area contributed by atoms with Gasteiger partial charge in [-0.05, 0) is 32.0 Å². The average molecular weight is 307 g/mol. The zero-order chi connectivity index (χ0) is 13.1. The highest BCUT2D eigenvalue weighted by Gasteiger charge is 2.11. The summed E-state index contributed by atoms with van der Waals surface area (Å²) >= 11 is 3.38. The molecular formula is C14H15BrN2O. The van der Waals surface area contributed by atoms with Gasteiger partial charge in [-0.25, -0.2) is 0 Å². The average Bonchev–Trinajstić information content (AvgIpc) is 2.69. The van der Waals surface area contributed by atoms with E-state index in [1.165, 1.54) is 0 Å². The van der Waals surface area contributed by atoms with Gasteiger partial charge in [0.05, 0.1) is 12.1 Å². The quantitative estimate of drug-likeness (QED) is 0.812. The van der Waals surface area contributed by atoms with Gasteiger partial charge in [-0.1, -0.05) is 28.1 Å². The molecule has 0 amide bonds. The Bertz CT molecular complexity index is 575. The van der Waals surface area contributed by atoms with Crippen molar-refractivity contribution >= 4 is 21.7 Å². The molecule has 18 heavy (non-hydrogen) atoms. The summed E-state index contributed by atoms with van der Waals surface area (Å²) < 4.78 is 2.80. The summed E-state index contributed by atoms with van der Waals surface area (Å²) in [5, 5.41) is 4.35. The van der Waals surface area contributed by atoms with Crippen LogP contribution in [-0.2, 0) is 13.0 Å². The molecule has 0 radical (unpaired) electrons. The molecule has 3 nitrogen and oxygen atoms in total. The predicted octanol–water partition coefficient (Wildman–Crippen LogP) is 3.40. The van der Waals surface area contributed by atoms with Crippen LogP contribution in [-0.4, -0.2) is 15.6 Å². The first-order chi connectivity index (χ1) is 8.60. The molecule has 1 heterocycles. The summed E-state index contributed by atoms with van der Waals surface area (Å²) in [6.07, 6.45) is 0.394. The maximum absolute atomic E-state index is 12.2. The lowest BCUT2D eigenvalue weighted by molar-refractivity contribution is 0.0990. The van der Waals surface area contributed by atoms with E-state index in [4.69, 9.17) is 0 Å². The van der Waals surface area contributed by atoms with Crippen LogP contribution in [0, 0.1) is 6.92 Å². The zero-order valence-corrected chi connectivity index (χ0v) is 12.1. The normalized spacial score (nSPS) is 10.6. The third-order valence-electron chi connectivity index (χ3n) is 2.77. The summed E-state index contributed by atoms with van der Waals surface area (Å²) in [6, 6.07) is 9.45. The first-order valence-corrected chi connectivity index (χ1v) is 6.71. The van der Waals surface area contributed by atoms with Crippen molar-refractivity contribution in [3.63, 3.8) is 0 Å². The molecule has 0 aliphatic heterocycles. The zero-order valence-electron chi connectivity index (χ0n) is 10.5. The van der Waals surface area contributed by atoms with E-state index in [2.05, 4.69) is 21.0 Å². The van der Waals surface area contributed by atoms with Crippen LogP contribution in [0.5, 0.6) is 0 Å². The highest BCUT2D eigenvalue weighted by Crippen LogP contribution is 2.14. The number of hydrogen-bond acceptors (Lipinski definition) is 2. The van der Waals surface area contributed by atoms with Gasteiger partial charge in [-0.2, -0.15) is 5.10 Å². The van der Waals surface area contributed by atoms with Crippen LogP contribution in [0.25, 0.3) is 0 Å². The molecule has 0 saturated heterocycles. The van der Waals surface area contributed by atoms with E-state index >= 15 is 0 Å². The van der Waals surface area contributed by atoms with Gasteiger partial charge in [0, 0.05) is 22.3 Å². The standard InChI is InChI=1S/C14H15BrN2O/c1-3-17-13(7-10(2)16-17)9-14(18)11-5-4-6-12(15)8-11/h4-8H,3,9H2,1-2H3. The van der Waals surface area contributed by atoms with E-state index < -0.39 is 0 Å². The van der Waals surface area contributed by atoms with Crippen molar-refractivity contribution in [2.45, 2.75) is 26.8 Å². The van der Waals surface area contributed by atoms with Crippen LogP contribution in [0.4, 0.5) is 0 Å². The first-order valence-electron chi connectivity index (χ1n) is 5.92. The van der Waals surface area contributed by atoms with Crippen LogP contribution in [0.15, 0.2) is 34.8 Å². The van der Waals surface area contributed by atoms with Crippen LogP contribution in [0.1, 0.15) is 28.7 Å². The van der Waals surface area contributed by atoms with Crippen molar-refractivity contribution in [2.75, 3.05) is 0 Å². The van der Waals surface area contributed by atoms with E-state index in [0.717, 1.165) is 28.0 Å². The molecule has 0 aliphatic rings. The van der Waals surface area contributed by atoms with Gasteiger partial charge in [0.1, 0.15) is 0 Å². The molecule has 2 rings (SSSR count). The number of Topliss-reactive ketones (excluding diaryl/α,β-unsaturated/α-hetero) is 1. The highest BCUT2D eigenvalue weighted by atomic mass is 79.9. The van der Waals surface area contributed by atoms with Crippen molar-refractivity contribution in [1.82, 2.24) is 9.78 Å². The Morgan fingerprint density at radius 3 is 2.83 bits per heavy atom. The van der Waals surface area contributed by atoms with Gasteiger partial charge in [-0.15, -0.1) is 0 Å². The minimum atomic E-state index is 0.117. The van der Waals surface area contributed by atoms with Gasteiger partial charge < -0.3 is 0 Å². The molecule has 0 atom stereocenters. The molecule has 2 aromatic rings. The van der Waals surface area contributed by atoms with Crippen molar-refractivity contribution < 1.29 is 4.79 Å². The lowest BCUT2D eigenvalue weighted by Crippen LogP contribution is -2.09. The van der Waals surface area contributed by atoms with Crippen LogP contribution < -0.4 is 0 Å². The fourth-order valence-corrected chi connectivity index (χ4v) is 2.34. The van der Waals surface area contributed by atoms with Gasteiger partial charge in [0.2, 0.25) is 0 Å². The number of hydrogen-bond donors (Lipinski definition) is 0. The smallest absolute Gasteiger partial charge is 0.168 e. The Kier molecular flexibility index (Phi) is 3.97.